The number of nitrogens with zero attached hydrogens (tertiary/aromatic N) is 2. The molecule has 0 aliphatic carbocycles. The van der Waals surface area contributed by atoms with Crippen LogP contribution in [0.5, 0.6) is 11.5 Å². The number of likely N-dealkylation sites (N-methyl/N-ethyl adjacent to an activating group) is 1. The molecule has 0 saturated carbocycles. The molecule has 0 unspecified atom stereocenters. The van der Waals surface area contributed by atoms with Gasteiger partial charge in [0.05, 0.1) is 11.9 Å². The van der Waals surface area contributed by atoms with Crippen molar-refractivity contribution in [3.63, 3.8) is 0 Å². The summed E-state index contributed by atoms with van der Waals surface area (Å²) in [7, 11) is -2.49. The van der Waals surface area contributed by atoms with E-state index in [0.29, 0.717) is 11.5 Å². The second-order valence-corrected chi connectivity index (χ2v) is 10.6. The van der Waals surface area contributed by atoms with E-state index >= 15 is 0 Å². The molecule has 3 aromatic carbocycles. The van der Waals surface area contributed by atoms with Crippen LogP contribution in [0.3, 0.4) is 0 Å². The van der Waals surface area contributed by atoms with E-state index < -0.39 is 40.2 Å². The summed E-state index contributed by atoms with van der Waals surface area (Å²) >= 11 is 0. The highest BCUT2D eigenvalue weighted by Crippen LogP contribution is 2.36. The molecule has 9 nitrogen and oxygen atoms in total. The van der Waals surface area contributed by atoms with Crippen LogP contribution in [0.4, 0.5) is 10.1 Å². The van der Waals surface area contributed by atoms with E-state index in [-0.39, 0.29) is 31.0 Å². The smallest absolute Gasteiger partial charge is 0.244 e. The number of carbonyl (C=O) groups is 2. The zero-order chi connectivity index (χ0) is 27.3. The highest BCUT2D eigenvalue weighted by molar-refractivity contribution is 7.92. The van der Waals surface area contributed by atoms with Crippen LogP contribution in [0.2, 0.25) is 0 Å². The second kappa shape index (κ2) is 11.5. The lowest BCUT2D eigenvalue weighted by Gasteiger charge is -2.33. The number of nitrogens with one attached hydrogen (secondary N) is 1. The summed E-state index contributed by atoms with van der Waals surface area (Å²) in [4.78, 5) is 28.1. The fraction of sp³-hybridized carbons (Fsp3) is 0.259. The second-order valence-electron chi connectivity index (χ2n) is 8.74. The predicted octanol–water partition coefficient (Wildman–Crippen LogP) is 2.71. The summed E-state index contributed by atoms with van der Waals surface area (Å²) in [5.74, 6) is -0.888. The molecule has 1 aliphatic heterocycles. The summed E-state index contributed by atoms with van der Waals surface area (Å²) in [6, 6.07) is 18.5. The molecule has 0 spiro atoms. The molecule has 1 heterocycles. The third-order valence-corrected chi connectivity index (χ3v) is 7.28. The molecule has 1 atom stereocenters. The van der Waals surface area contributed by atoms with Crippen molar-refractivity contribution >= 4 is 27.5 Å². The standard InChI is InChI=1S/C27H28FN3O6S/c1-29-27(33)23(14-19-8-4-3-5-9-19)30(16-20-10-6-7-11-22(20)28)26(32)17-31(38(2,34)35)21-12-13-24-25(15-21)37-18-36-24/h3-13,15,23H,14,16-18H2,1-2H3,(H,29,33)/t23-/m1/s1. The molecule has 3 aromatic rings. The summed E-state index contributed by atoms with van der Waals surface area (Å²) in [5.41, 5.74) is 1.16. The van der Waals surface area contributed by atoms with Gasteiger partial charge in [0.1, 0.15) is 18.4 Å². The molecular weight excluding hydrogens is 513 g/mol. The summed E-state index contributed by atoms with van der Waals surface area (Å²) in [6.07, 6.45) is 1.12. The molecule has 0 radical (unpaired) electrons. The topological polar surface area (TPSA) is 105 Å². The maximum Gasteiger partial charge on any atom is 0.244 e. The highest BCUT2D eigenvalue weighted by atomic mass is 32.2. The lowest BCUT2D eigenvalue weighted by molar-refractivity contribution is -0.139. The van der Waals surface area contributed by atoms with Crippen LogP contribution in [-0.2, 0) is 32.6 Å². The Morgan fingerprint density at radius 2 is 1.68 bits per heavy atom. The first kappa shape index (κ1) is 26.9. The van der Waals surface area contributed by atoms with Gasteiger partial charge in [0, 0.05) is 31.6 Å². The molecule has 38 heavy (non-hydrogen) atoms. The fourth-order valence-corrected chi connectivity index (χ4v) is 5.03. The summed E-state index contributed by atoms with van der Waals surface area (Å²) in [5, 5.41) is 2.58. The number of rotatable bonds is 10. The van der Waals surface area contributed by atoms with E-state index in [1.807, 2.05) is 30.3 Å². The molecule has 200 valence electrons. The van der Waals surface area contributed by atoms with Gasteiger partial charge in [-0.15, -0.1) is 0 Å². The van der Waals surface area contributed by atoms with Gasteiger partial charge in [-0.05, 0) is 23.8 Å². The van der Waals surface area contributed by atoms with Gasteiger partial charge in [-0.2, -0.15) is 0 Å². The number of fused-ring (bicyclic) bond motifs is 1. The zero-order valence-electron chi connectivity index (χ0n) is 21.0. The molecular formula is C27H28FN3O6S. The SMILES string of the molecule is CNC(=O)[C@@H](Cc1ccccc1)N(Cc1ccccc1F)C(=O)CN(c1ccc2c(c1)OCO2)S(C)(=O)=O. The number of amides is 2. The largest absolute Gasteiger partial charge is 0.454 e. The predicted molar refractivity (Wildman–Crippen MR) is 140 cm³/mol. The van der Waals surface area contributed by atoms with Crippen molar-refractivity contribution in [1.82, 2.24) is 10.2 Å². The number of carbonyl (C=O) groups excluding carboxylic acids is 2. The third kappa shape index (κ3) is 6.23. The van der Waals surface area contributed by atoms with E-state index in [1.54, 1.807) is 12.1 Å². The number of halogens is 1. The van der Waals surface area contributed by atoms with Crippen LogP contribution in [0.15, 0.2) is 72.8 Å². The molecule has 11 heteroatoms. The molecule has 0 bridgehead atoms. The van der Waals surface area contributed by atoms with Crippen molar-refractivity contribution < 1.29 is 31.9 Å². The van der Waals surface area contributed by atoms with Gasteiger partial charge in [0.15, 0.2) is 11.5 Å². The highest BCUT2D eigenvalue weighted by Gasteiger charge is 2.33. The van der Waals surface area contributed by atoms with Crippen molar-refractivity contribution in [3.05, 3.63) is 89.7 Å². The van der Waals surface area contributed by atoms with E-state index in [1.165, 1.54) is 42.3 Å². The van der Waals surface area contributed by atoms with Crippen molar-refractivity contribution in [3.8, 4) is 11.5 Å². The Bertz CT molecular complexity index is 1420. The van der Waals surface area contributed by atoms with E-state index in [2.05, 4.69) is 5.32 Å². The molecule has 1 N–H and O–H groups in total. The molecule has 2 amide bonds. The summed E-state index contributed by atoms with van der Waals surface area (Å²) in [6.45, 7) is -0.856. The van der Waals surface area contributed by atoms with Gasteiger partial charge in [-0.3, -0.25) is 13.9 Å². The third-order valence-electron chi connectivity index (χ3n) is 6.14. The van der Waals surface area contributed by atoms with Crippen LogP contribution in [0, 0.1) is 5.82 Å². The monoisotopic (exact) mass is 541 g/mol. The van der Waals surface area contributed by atoms with Crippen molar-refractivity contribution in [1.29, 1.82) is 0 Å². The van der Waals surface area contributed by atoms with Gasteiger partial charge in [0.2, 0.25) is 28.6 Å². The molecule has 0 aromatic heterocycles. The number of ether oxygens (including phenoxy) is 2. The maximum atomic E-state index is 14.7. The van der Waals surface area contributed by atoms with E-state index in [9.17, 15) is 22.4 Å². The van der Waals surface area contributed by atoms with Crippen molar-refractivity contribution in [2.24, 2.45) is 0 Å². The zero-order valence-corrected chi connectivity index (χ0v) is 21.8. The van der Waals surface area contributed by atoms with Gasteiger partial charge in [0.25, 0.3) is 0 Å². The van der Waals surface area contributed by atoms with Crippen LogP contribution >= 0.6 is 0 Å². The quantitative estimate of drug-likeness (QED) is 0.423. The van der Waals surface area contributed by atoms with Crippen LogP contribution in [-0.4, -0.2) is 57.8 Å². The Balaban J connectivity index is 1.71. The van der Waals surface area contributed by atoms with Gasteiger partial charge < -0.3 is 19.7 Å². The maximum absolute atomic E-state index is 14.7. The molecule has 1 aliphatic rings. The normalized spacial score (nSPS) is 13.0. The minimum Gasteiger partial charge on any atom is -0.454 e. The Labute approximate surface area is 220 Å². The fourth-order valence-electron chi connectivity index (χ4n) is 4.18. The van der Waals surface area contributed by atoms with Gasteiger partial charge in [-0.25, -0.2) is 12.8 Å². The molecule has 0 fully saturated rings. The van der Waals surface area contributed by atoms with Crippen molar-refractivity contribution in [2.75, 3.05) is 30.9 Å². The minimum atomic E-state index is -3.94. The molecule has 0 saturated heterocycles. The Kier molecular flexibility index (Phi) is 8.16. The number of hydrogen-bond donors (Lipinski definition) is 1. The molecule has 4 rings (SSSR count). The van der Waals surface area contributed by atoms with E-state index in [0.717, 1.165) is 16.1 Å². The van der Waals surface area contributed by atoms with Gasteiger partial charge >= 0.3 is 0 Å². The first-order chi connectivity index (χ1) is 18.2. The first-order valence-electron chi connectivity index (χ1n) is 11.8. The Morgan fingerprint density at radius 3 is 2.37 bits per heavy atom. The van der Waals surface area contributed by atoms with Gasteiger partial charge in [-0.1, -0.05) is 48.5 Å². The number of anilines is 1. The lowest BCUT2D eigenvalue weighted by atomic mass is 10.0. The number of hydrogen-bond acceptors (Lipinski definition) is 6. The number of sulfonamides is 1. The van der Waals surface area contributed by atoms with Crippen LogP contribution in [0.1, 0.15) is 11.1 Å². The number of benzene rings is 3. The van der Waals surface area contributed by atoms with Crippen LogP contribution < -0.4 is 19.1 Å². The lowest BCUT2D eigenvalue weighted by Crippen LogP contribution is -2.53. The minimum absolute atomic E-state index is 0.000303. The summed E-state index contributed by atoms with van der Waals surface area (Å²) < 4.78 is 51.8. The Morgan fingerprint density at radius 1 is 1.00 bits per heavy atom. The van der Waals surface area contributed by atoms with E-state index in [4.69, 9.17) is 9.47 Å². The first-order valence-corrected chi connectivity index (χ1v) is 13.7. The van der Waals surface area contributed by atoms with Crippen LogP contribution in [0.25, 0.3) is 0 Å². The van der Waals surface area contributed by atoms with Crippen molar-refractivity contribution in [2.45, 2.75) is 19.0 Å². The Hall–Kier alpha value is -4.12. The average molecular weight is 542 g/mol. The average Bonchev–Trinajstić information content (AvgIpc) is 3.37.